The van der Waals surface area contributed by atoms with E-state index in [4.69, 9.17) is 4.55 Å². The summed E-state index contributed by atoms with van der Waals surface area (Å²) in [7, 11) is -4.45. The molecule has 0 saturated heterocycles. The Bertz CT molecular complexity index is 704. The predicted molar refractivity (Wildman–Crippen MR) is 78.4 cm³/mol. The standard InChI is InChI=1S/C12H14N2O4S2/c1-7(2)10(20(16,17)18)11(15)14-12-13-8-5-3-4-6-9(8)19-12/h3-7,10H,1-2H3,(H,13,14,15)(H,16,17,18)/t10-/m0/s1. The van der Waals surface area contributed by atoms with Gasteiger partial charge in [0, 0.05) is 0 Å². The van der Waals surface area contributed by atoms with Crippen molar-refractivity contribution in [1.82, 2.24) is 4.98 Å². The summed E-state index contributed by atoms with van der Waals surface area (Å²) in [5, 5.41) is 1.25. The third-order valence-corrected chi connectivity index (χ3v) is 5.06. The van der Waals surface area contributed by atoms with Crippen molar-refractivity contribution in [2.45, 2.75) is 19.1 Å². The number of carbonyl (C=O) groups excluding carboxylic acids is 1. The minimum absolute atomic E-state index is 0.311. The highest BCUT2D eigenvalue weighted by atomic mass is 32.2. The Morgan fingerprint density at radius 1 is 1.35 bits per heavy atom. The quantitative estimate of drug-likeness (QED) is 0.843. The van der Waals surface area contributed by atoms with Crippen molar-refractivity contribution in [2.75, 3.05) is 5.32 Å². The lowest BCUT2D eigenvalue weighted by molar-refractivity contribution is -0.116. The van der Waals surface area contributed by atoms with Crippen LogP contribution in [0, 0.1) is 5.92 Å². The van der Waals surface area contributed by atoms with Gasteiger partial charge in [-0.25, -0.2) is 4.98 Å². The minimum atomic E-state index is -4.45. The first kappa shape index (κ1) is 14.9. The van der Waals surface area contributed by atoms with Gasteiger partial charge in [0.1, 0.15) is 0 Å². The monoisotopic (exact) mass is 314 g/mol. The fraction of sp³-hybridized carbons (Fsp3) is 0.333. The van der Waals surface area contributed by atoms with Gasteiger partial charge in [-0.05, 0) is 18.1 Å². The van der Waals surface area contributed by atoms with Crippen LogP contribution in [0.25, 0.3) is 10.2 Å². The molecular weight excluding hydrogens is 300 g/mol. The number of nitrogens with one attached hydrogen (secondary N) is 1. The van der Waals surface area contributed by atoms with E-state index in [0.717, 1.165) is 10.2 Å². The molecule has 2 aromatic rings. The van der Waals surface area contributed by atoms with Crippen molar-refractivity contribution in [1.29, 1.82) is 0 Å². The third kappa shape index (κ3) is 3.14. The topological polar surface area (TPSA) is 96.4 Å². The fourth-order valence-corrected chi connectivity index (χ4v) is 3.77. The van der Waals surface area contributed by atoms with Gasteiger partial charge in [-0.1, -0.05) is 37.3 Å². The molecule has 0 radical (unpaired) electrons. The molecule has 0 spiro atoms. The van der Waals surface area contributed by atoms with Gasteiger partial charge in [-0.3, -0.25) is 9.35 Å². The van der Waals surface area contributed by atoms with Crippen molar-refractivity contribution < 1.29 is 17.8 Å². The average Bonchev–Trinajstić information content (AvgIpc) is 2.67. The van der Waals surface area contributed by atoms with Crippen molar-refractivity contribution in [2.24, 2.45) is 5.92 Å². The van der Waals surface area contributed by atoms with Crippen LogP contribution >= 0.6 is 11.3 Å². The molecular formula is C12H14N2O4S2. The fourth-order valence-electron chi connectivity index (χ4n) is 1.88. The van der Waals surface area contributed by atoms with Gasteiger partial charge in [-0.2, -0.15) is 8.42 Å². The summed E-state index contributed by atoms with van der Waals surface area (Å²) >= 11 is 1.25. The number of amides is 1. The lowest BCUT2D eigenvalue weighted by atomic mass is 10.1. The molecule has 1 amide bonds. The van der Waals surface area contributed by atoms with Gasteiger partial charge >= 0.3 is 0 Å². The normalized spacial score (nSPS) is 13.6. The van der Waals surface area contributed by atoms with Gasteiger partial charge in [0.05, 0.1) is 10.2 Å². The molecule has 0 aliphatic carbocycles. The summed E-state index contributed by atoms with van der Waals surface area (Å²) < 4.78 is 32.5. The Hall–Kier alpha value is -1.51. The van der Waals surface area contributed by atoms with E-state index in [9.17, 15) is 13.2 Å². The molecule has 0 fully saturated rings. The predicted octanol–water partition coefficient (Wildman–Crippen LogP) is 2.15. The number of benzene rings is 1. The van der Waals surface area contributed by atoms with Crippen LogP contribution < -0.4 is 5.32 Å². The molecule has 0 bridgehead atoms. The molecule has 1 aromatic heterocycles. The number of carbonyl (C=O) groups is 1. The number of hydrogen-bond donors (Lipinski definition) is 2. The van der Waals surface area contributed by atoms with E-state index in [1.807, 2.05) is 18.2 Å². The molecule has 1 atom stereocenters. The molecule has 0 aliphatic rings. The summed E-state index contributed by atoms with van der Waals surface area (Å²) in [4.78, 5) is 16.2. The van der Waals surface area contributed by atoms with Crippen molar-refractivity contribution >= 4 is 42.7 Å². The van der Waals surface area contributed by atoms with Gasteiger partial charge in [-0.15, -0.1) is 0 Å². The Morgan fingerprint density at radius 3 is 2.55 bits per heavy atom. The van der Waals surface area contributed by atoms with E-state index >= 15 is 0 Å². The Balaban J connectivity index is 2.26. The Morgan fingerprint density at radius 2 is 2.00 bits per heavy atom. The highest BCUT2D eigenvalue weighted by molar-refractivity contribution is 7.87. The average molecular weight is 314 g/mol. The first-order chi connectivity index (χ1) is 9.29. The molecule has 0 aliphatic heterocycles. The number of para-hydroxylation sites is 1. The van der Waals surface area contributed by atoms with Crippen molar-refractivity contribution in [3.63, 3.8) is 0 Å². The first-order valence-corrected chi connectivity index (χ1v) is 8.23. The third-order valence-electron chi connectivity index (χ3n) is 2.71. The van der Waals surface area contributed by atoms with Crippen LogP contribution in [0.3, 0.4) is 0 Å². The van der Waals surface area contributed by atoms with Crippen LogP contribution in [-0.2, 0) is 14.9 Å². The van der Waals surface area contributed by atoms with Gasteiger partial charge in [0.25, 0.3) is 10.1 Å². The molecule has 1 aromatic carbocycles. The van der Waals surface area contributed by atoms with Crippen LogP contribution in [0.5, 0.6) is 0 Å². The highest BCUT2D eigenvalue weighted by Crippen LogP contribution is 2.26. The highest BCUT2D eigenvalue weighted by Gasteiger charge is 2.34. The molecule has 2 N–H and O–H groups in total. The maximum atomic E-state index is 12.0. The van der Waals surface area contributed by atoms with Gasteiger partial charge in [0.15, 0.2) is 10.4 Å². The molecule has 8 heteroatoms. The first-order valence-electron chi connectivity index (χ1n) is 5.92. The maximum Gasteiger partial charge on any atom is 0.277 e. The van der Waals surface area contributed by atoms with E-state index in [1.165, 1.54) is 11.3 Å². The van der Waals surface area contributed by atoms with Crippen LogP contribution in [0.15, 0.2) is 24.3 Å². The van der Waals surface area contributed by atoms with E-state index in [1.54, 1.807) is 19.9 Å². The molecule has 0 saturated carbocycles. The lowest BCUT2D eigenvalue weighted by Crippen LogP contribution is -2.38. The summed E-state index contributed by atoms with van der Waals surface area (Å²) in [6.07, 6.45) is 0. The second-order valence-corrected chi connectivity index (χ2v) is 7.22. The second kappa shape index (κ2) is 5.47. The van der Waals surface area contributed by atoms with Crippen molar-refractivity contribution in [3.05, 3.63) is 24.3 Å². The summed E-state index contributed by atoms with van der Waals surface area (Å²) in [6.45, 7) is 3.10. The number of hydrogen-bond acceptors (Lipinski definition) is 5. The van der Waals surface area contributed by atoms with Crippen LogP contribution in [0.1, 0.15) is 13.8 Å². The summed E-state index contributed by atoms with van der Waals surface area (Å²) in [5.74, 6) is -1.32. The van der Waals surface area contributed by atoms with Crippen LogP contribution in [-0.4, -0.2) is 29.1 Å². The van der Waals surface area contributed by atoms with E-state index in [2.05, 4.69) is 10.3 Å². The zero-order valence-electron chi connectivity index (χ0n) is 10.9. The Labute approximate surface area is 120 Å². The molecule has 6 nitrogen and oxygen atoms in total. The van der Waals surface area contributed by atoms with Gasteiger partial charge < -0.3 is 5.32 Å². The second-order valence-electron chi connectivity index (χ2n) is 4.66. The van der Waals surface area contributed by atoms with E-state index in [0.29, 0.717) is 5.13 Å². The van der Waals surface area contributed by atoms with Crippen molar-refractivity contribution in [3.8, 4) is 0 Å². The number of nitrogens with zero attached hydrogens (tertiary/aromatic N) is 1. The number of rotatable bonds is 4. The number of anilines is 1. The Kier molecular flexibility index (Phi) is 4.07. The van der Waals surface area contributed by atoms with Crippen LogP contribution in [0.4, 0.5) is 5.13 Å². The molecule has 0 unspecified atom stereocenters. The number of aromatic nitrogens is 1. The SMILES string of the molecule is CC(C)[C@@H](C(=O)Nc1nc2ccccc2s1)S(=O)(=O)O. The maximum absolute atomic E-state index is 12.0. The zero-order chi connectivity index (χ0) is 14.9. The molecule has 20 heavy (non-hydrogen) atoms. The lowest BCUT2D eigenvalue weighted by Gasteiger charge is -2.15. The summed E-state index contributed by atoms with van der Waals surface area (Å²) in [5.41, 5.74) is 0.723. The molecule has 1 heterocycles. The van der Waals surface area contributed by atoms with Gasteiger partial charge in [0.2, 0.25) is 5.91 Å². The van der Waals surface area contributed by atoms with E-state index < -0.39 is 27.2 Å². The minimum Gasteiger partial charge on any atom is -0.301 e. The zero-order valence-corrected chi connectivity index (χ0v) is 12.5. The number of thiazole rings is 1. The number of fused-ring (bicyclic) bond motifs is 1. The largest absolute Gasteiger partial charge is 0.301 e. The molecule has 2 rings (SSSR count). The smallest absolute Gasteiger partial charge is 0.277 e. The summed E-state index contributed by atoms with van der Waals surface area (Å²) in [6, 6.07) is 7.32. The van der Waals surface area contributed by atoms with Crippen LogP contribution in [0.2, 0.25) is 0 Å². The van der Waals surface area contributed by atoms with E-state index in [-0.39, 0.29) is 0 Å². The molecule has 108 valence electrons.